The van der Waals surface area contributed by atoms with E-state index < -0.39 is 24.3 Å². The first-order valence-corrected chi connectivity index (χ1v) is 11.6. The summed E-state index contributed by atoms with van der Waals surface area (Å²) in [4.78, 5) is 21.3. The number of hydrogen-bond donors (Lipinski definition) is 0. The Bertz CT molecular complexity index is 414. The molecular formula is C24H42Na2O4. The predicted molar refractivity (Wildman–Crippen MR) is 111 cm³/mol. The second-order valence-corrected chi connectivity index (χ2v) is 8.03. The number of carboxylic acid groups (broad SMARTS) is 2. The second-order valence-electron chi connectivity index (χ2n) is 8.03. The Kier molecular flexibility index (Phi) is 32.6. The van der Waals surface area contributed by atoms with Gasteiger partial charge in [0, 0.05) is 17.9 Å². The molecule has 1 atom stereocenters. The minimum Gasteiger partial charge on any atom is -0.550 e. The molecule has 0 aromatic heterocycles. The third kappa shape index (κ3) is 26.7. The summed E-state index contributed by atoms with van der Waals surface area (Å²) < 4.78 is 0. The maximum absolute atomic E-state index is 10.8. The monoisotopic (exact) mass is 440 g/mol. The van der Waals surface area contributed by atoms with Crippen LogP contribution in [0.1, 0.15) is 122 Å². The Balaban J connectivity index is -0.00000364. The molecule has 0 aromatic carbocycles. The fourth-order valence-electron chi connectivity index (χ4n) is 3.50. The number of hydrogen-bond acceptors (Lipinski definition) is 4. The van der Waals surface area contributed by atoms with Crippen molar-refractivity contribution >= 4 is 11.9 Å². The van der Waals surface area contributed by atoms with Crippen molar-refractivity contribution in [3.8, 4) is 0 Å². The minimum atomic E-state index is -1.31. The molecule has 0 aliphatic heterocycles. The van der Waals surface area contributed by atoms with Crippen LogP contribution in [0.15, 0.2) is 12.2 Å². The summed E-state index contributed by atoms with van der Waals surface area (Å²) in [5, 5.41) is 21.3. The van der Waals surface area contributed by atoms with Gasteiger partial charge in [-0.25, -0.2) is 0 Å². The maximum Gasteiger partial charge on any atom is 1.00 e. The Hall–Kier alpha value is 0.680. The van der Waals surface area contributed by atoms with Gasteiger partial charge in [-0.2, -0.15) is 0 Å². The molecule has 1 unspecified atom stereocenters. The Morgan fingerprint density at radius 2 is 1.07 bits per heavy atom. The van der Waals surface area contributed by atoms with Crippen LogP contribution in [0.3, 0.4) is 0 Å². The number of rotatable bonds is 21. The van der Waals surface area contributed by atoms with Crippen LogP contribution >= 0.6 is 0 Å². The average molecular weight is 441 g/mol. The number of aliphatic carboxylic acids is 2. The molecule has 0 heterocycles. The molecule has 0 saturated heterocycles. The topological polar surface area (TPSA) is 80.3 Å². The number of carboxylic acids is 2. The SMILES string of the molecule is CCCCCCCCC/C=C/CCCCCCCCCC(CC(=O)[O-])C(=O)[O-].[Na+].[Na+]. The van der Waals surface area contributed by atoms with Gasteiger partial charge in [-0.05, 0) is 38.5 Å². The summed E-state index contributed by atoms with van der Waals surface area (Å²) in [6.07, 6.45) is 24.2. The number of carbonyl (C=O) groups is 2. The zero-order valence-electron chi connectivity index (χ0n) is 20.1. The quantitative estimate of drug-likeness (QED) is 0.126. The first kappa shape index (κ1) is 35.3. The first-order valence-electron chi connectivity index (χ1n) is 11.6. The zero-order valence-corrected chi connectivity index (χ0v) is 24.1. The predicted octanol–water partition coefficient (Wildman–Crippen LogP) is -1.29. The molecule has 0 aliphatic carbocycles. The van der Waals surface area contributed by atoms with Crippen LogP contribution in [0.4, 0.5) is 0 Å². The van der Waals surface area contributed by atoms with Gasteiger partial charge in [0.25, 0.3) is 0 Å². The number of unbranched alkanes of at least 4 members (excludes halogenated alkanes) is 14. The molecule has 164 valence electrons. The van der Waals surface area contributed by atoms with Gasteiger partial charge >= 0.3 is 59.1 Å². The Labute approximate surface area is 229 Å². The van der Waals surface area contributed by atoms with Gasteiger partial charge in [0.15, 0.2) is 0 Å². The molecule has 0 saturated carbocycles. The molecule has 0 N–H and O–H groups in total. The van der Waals surface area contributed by atoms with E-state index in [4.69, 9.17) is 0 Å². The van der Waals surface area contributed by atoms with Gasteiger partial charge in [0.05, 0.1) is 0 Å². The summed E-state index contributed by atoms with van der Waals surface area (Å²) in [7, 11) is 0. The molecule has 0 fully saturated rings. The second kappa shape index (κ2) is 27.7. The fraction of sp³-hybridized carbons (Fsp3) is 0.833. The van der Waals surface area contributed by atoms with E-state index in [1.54, 1.807) is 0 Å². The van der Waals surface area contributed by atoms with E-state index in [9.17, 15) is 19.8 Å². The van der Waals surface area contributed by atoms with Crippen molar-refractivity contribution in [2.75, 3.05) is 0 Å². The van der Waals surface area contributed by atoms with E-state index >= 15 is 0 Å². The number of allylic oxidation sites excluding steroid dienone is 2. The molecule has 6 heteroatoms. The molecule has 0 aliphatic rings. The summed E-state index contributed by atoms with van der Waals surface area (Å²) >= 11 is 0. The standard InChI is InChI=1S/C24H44O4.2Na/c1-2-3-4-5-6-7-8-9-10-11-12-13-14-15-16-17-18-19-20-22(24(27)28)21-23(25)26;;/h10-11,22H,2-9,12-21H2,1H3,(H,25,26)(H,27,28);;/q;2*+1/p-2/b11-10+;;. The fourth-order valence-corrected chi connectivity index (χ4v) is 3.50. The third-order valence-electron chi connectivity index (χ3n) is 5.31. The molecule has 30 heavy (non-hydrogen) atoms. The summed E-state index contributed by atoms with van der Waals surface area (Å²) in [6.45, 7) is 2.26. The van der Waals surface area contributed by atoms with Gasteiger partial charge in [0.1, 0.15) is 0 Å². The summed E-state index contributed by atoms with van der Waals surface area (Å²) in [6, 6.07) is 0. The normalized spacial score (nSPS) is 11.6. The van der Waals surface area contributed by atoms with Gasteiger partial charge in [0.2, 0.25) is 0 Å². The molecule has 0 aromatic rings. The van der Waals surface area contributed by atoms with Crippen LogP contribution in [0.5, 0.6) is 0 Å². The molecule has 0 radical (unpaired) electrons. The van der Waals surface area contributed by atoms with Crippen molar-refractivity contribution in [1.29, 1.82) is 0 Å². The van der Waals surface area contributed by atoms with E-state index in [0.717, 1.165) is 25.7 Å². The molecule has 0 bridgehead atoms. The molecular weight excluding hydrogens is 398 g/mol. The van der Waals surface area contributed by atoms with Crippen LogP contribution in [-0.2, 0) is 9.59 Å². The van der Waals surface area contributed by atoms with Crippen LogP contribution < -0.4 is 69.3 Å². The van der Waals surface area contributed by atoms with Gasteiger partial charge in [-0.1, -0.05) is 96.1 Å². The van der Waals surface area contributed by atoms with Crippen LogP contribution in [0, 0.1) is 5.92 Å². The van der Waals surface area contributed by atoms with E-state index in [1.807, 2.05) is 0 Å². The van der Waals surface area contributed by atoms with Crippen molar-refractivity contribution in [1.82, 2.24) is 0 Å². The van der Waals surface area contributed by atoms with E-state index in [1.165, 1.54) is 77.0 Å². The van der Waals surface area contributed by atoms with E-state index in [-0.39, 0.29) is 59.1 Å². The minimum absolute atomic E-state index is 0. The Morgan fingerprint density at radius 1 is 0.667 bits per heavy atom. The first-order chi connectivity index (χ1) is 13.6. The van der Waals surface area contributed by atoms with Crippen molar-refractivity contribution in [2.24, 2.45) is 5.92 Å². The van der Waals surface area contributed by atoms with Crippen LogP contribution in [0.25, 0.3) is 0 Å². The maximum atomic E-state index is 10.8. The third-order valence-corrected chi connectivity index (χ3v) is 5.31. The van der Waals surface area contributed by atoms with Gasteiger partial charge < -0.3 is 19.8 Å². The summed E-state index contributed by atoms with van der Waals surface area (Å²) in [5.74, 6) is -3.49. The van der Waals surface area contributed by atoms with Crippen molar-refractivity contribution in [3.63, 3.8) is 0 Å². The van der Waals surface area contributed by atoms with E-state index in [2.05, 4.69) is 19.1 Å². The largest absolute Gasteiger partial charge is 1.00 e. The number of carbonyl (C=O) groups excluding carboxylic acids is 2. The van der Waals surface area contributed by atoms with Crippen LogP contribution in [0.2, 0.25) is 0 Å². The van der Waals surface area contributed by atoms with Crippen molar-refractivity contribution in [3.05, 3.63) is 12.2 Å². The van der Waals surface area contributed by atoms with Crippen LogP contribution in [-0.4, -0.2) is 11.9 Å². The molecule has 0 amide bonds. The Morgan fingerprint density at radius 3 is 1.47 bits per heavy atom. The van der Waals surface area contributed by atoms with Gasteiger partial charge in [-0.3, -0.25) is 0 Å². The molecule has 4 nitrogen and oxygen atoms in total. The molecule has 0 spiro atoms. The smallest absolute Gasteiger partial charge is 0.550 e. The molecule has 0 rings (SSSR count). The van der Waals surface area contributed by atoms with Gasteiger partial charge in [-0.15, -0.1) is 0 Å². The van der Waals surface area contributed by atoms with E-state index in [0.29, 0.717) is 6.42 Å². The van der Waals surface area contributed by atoms with Crippen molar-refractivity contribution in [2.45, 2.75) is 122 Å². The average Bonchev–Trinajstić information content (AvgIpc) is 2.65. The summed E-state index contributed by atoms with van der Waals surface area (Å²) in [5.41, 5.74) is 0. The van der Waals surface area contributed by atoms with Crippen molar-refractivity contribution < 1.29 is 78.9 Å². The zero-order chi connectivity index (χ0) is 20.9.